The molecule has 0 aromatic heterocycles. The number of hydrogen-bond donors (Lipinski definition) is 1. The lowest BCUT2D eigenvalue weighted by molar-refractivity contribution is 0.377. The first-order valence-electron chi connectivity index (χ1n) is 10.6. The molecule has 24 heavy (non-hydrogen) atoms. The predicted molar refractivity (Wildman–Crippen MR) is 107 cm³/mol. The number of hydrogen-bond acceptors (Lipinski definition) is 1. The average Bonchev–Trinajstić information content (AvgIpc) is 3.13. The van der Waals surface area contributed by atoms with Crippen molar-refractivity contribution in [1.82, 2.24) is 0 Å². The van der Waals surface area contributed by atoms with E-state index in [1.807, 2.05) is 24.3 Å². The Morgan fingerprint density at radius 2 is 1.00 bits per heavy atom. The van der Waals surface area contributed by atoms with E-state index in [4.69, 9.17) is 0 Å². The van der Waals surface area contributed by atoms with Crippen molar-refractivity contribution in [1.29, 1.82) is 0 Å². The quantitative estimate of drug-likeness (QED) is 0.223. The van der Waals surface area contributed by atoms with Gasteiger partial charge < -0.3 is 5.11 Å². The van der Waals surface area contributed by atoms with Crippen LogP contribution in [0.2, 0.25) is 0 Å². The molecule has 0 atom stereocenters. The summed E-state index contributed by atoms with van der Waals surface area (Å²) >= 11 is 0. The molecule has 0 amide bonds. The first-order chi connectivity index (χ1) is 11.8. The second-order valence-corrected chi connectivity index (χ2v) is 7.32. The smallest absolute Gasteiger partial charge is 0.0994 e. The first kappa shape index (κ1) is 21.1. The van der Waals surface area contributed by atoms with Crippen molar-refractivity contribution >= 4 is 0 Å². The van der Waals surface area contributed by atoms with Crippen molar-refractivity contribution in [2.45, 2.75) is 110 Å². The molecule has 1 aliphatic carbocycles. The summed E-state index contributed by atoms with van der Waals surface area (Å²) in [6, 6.07) is 0. The summed E-state index contributed by atoms with van der Waals surface area (Å²) < 4.78 is 0. The van der Waals surface area contributed by atoms with Crippen molar-refractivity contribution < 1.29 is 5.11 Å². The maximum atomic E-state index is 9.93. The molecule has 0 radical (unpaired) electrons. The molecule has 138 valence electrons. The second-order valence-electron chi connectivity index (χ2n) is 7.32. The van der Waals surface area contributed by atoms with E-state index in [9.17, 15) is 5.11 Å². The van der Waals surface area contributed by atoms with Gasteiger partial charge in [-0.2, -0.15) is 0 Å². The maximum absolute atomic E-state index is 9.93. The Bertz CT molecular complexity index is 361. The number of rotatable bonds is 16. The molecule has 0 saturated heterocycles. The Balaban J connectivity index is 1.76. The van der Waals surface area contributed by atoms with Gasteiger partial charge in [0.2, 0.25) is 0 Å². The SMILES string of the molecule is CCCCCCCCCCCCCCCCCC(O)=C1C=CC=C1. The van der Waals surface area contributed by atoms with E-state index in [0.717, 1.165) is 18.4 Å². The Morgan fingerprint density at radius 3 is 1.42 bits per heavy atom. The van der Waals surface area contributed by atoms with Crippen LogP contribution in [0, 0.1) is 0 Å². The summed E-state index contributed by atoms with van der Waals surface area (Å²) in [5.41, 5.74) is 1.00. The molecule has 0 spiro atoms. The highest BCUT2D eigenvalue weighted by atomic mass is 16.3. The highest BCUT2D eigenvalue weighted by molar-refractivity contribution is 5.41. The van der Waals surface area contributed by atoms with Crippen LogP contribution in [0.1, 0.15) is 110 Å². The third-order valence-corrected chi connectivity index (χ3v) is 5.01. The molecule has 0 unspecified atom stereocenters. The topological polar surface area (TPSA) is 20.2 Å². The summed E-state index contributed by atoms with van der Waals surface area (Å²) in [6.45, 7) is 2.28. The van der Waals surface area contributed by atoms with Gasteiger partial charge in [0.25, 0.3) is 0 Å². The normalized spacial score (nSPS) is 13.1. The molecule has 1 N–H and O–H groups in total. The summed E-state index contributed by atoms with van der Waals surface area (Å²) in [5, 5.41) is 9.93. The van der Waals surface area contributed by atoms with Gasteiger partial charge in [0.1, 0.15) is 0 Å². The van der Waals surface area contributed by atoms with E-state index >= 15 is 0 Å². The molecule has 0 aromatic rings. The Morgan fingerprint density at radius 1 is 0.625 bits per heavy atom. The van der Waals surface area contributed by atoms with Crippen LogP contribution in [0.25, 0.3) is 0 Å². The van der Waals surface area contributed by atoms with Crippen LogP contribution < -0.4 is 0 Å². The molecule has 0 aromatic carbocycles. The number of unbranched alkanes of at least 4 members (excludes halogenated alkanes) is 14. The largest absolute Gasteiger partial charge is 0.512 e. The fraction of sp³-hybridized carbons (Fsp3) is 0.739. The van der Waals surface area contributed by atoms with Gasteiger partial charge in [-0.15, -0.1) is 0 Å². The molecule has 0 aliphatic heterocycles. The van der Waals surface area contributed by atoms with E-state index in [2.05, 4.69) is 6.92 Å². The van der Waals surface area contributed by atoms with Crippen molar-refractivity contribution in [3.8, 4) is 0 Å². The molecule has 1 heteroatoms. The highest BCUT2D eigenvalue weighted by Crippen LogP contribution is 2.18. The molecule has 1 aliphatic rings. The lowest BCUT2D eigenvalue weighted by atomic mass is 10.0. The van der Waals surface area contributed by atoms with E-state index in [0.29, 0.717) is 5.76 Å². The minimum atomic E-state index is 0.565. The molecule has 1 nitrogen and oxygen atoms in total. The standard InChI is InChI=1S/C23H40O/c1-2-3-4-5-6-7-8-9-10-11-12-13-14-15-16-21-23(24)22-19-17-18-20-22/h17-20,24H,2-16,21H2,1H3. The van der Waals surface area contributed by atoms with Gasteiger partial charge in [-0.25, -0.2) is 0 Å². The zero-order valence-corrected chi connectivity index (χ0v) is 16.1. The zero-order chi connectivity index (χ0) is 17.3. The molecule has 1 rings (SSSR count). The monoisotopic (exact) mass is 332 g/mol. The molecule has 0 saturated carbocycles. The van der Waals surface area contributed by atoms with E-state index in [1.54, 1.807) is 0 Å². The minimum absolute atomic E-state index is 0.565. The summed E-state index contributed by atoms with van der Waals surface area (Å²) in [6.07, 6.45) is 29.6. The summed E-state index contributed by atoms with van der Waals surface area (Å²) in [5.74, 6) is 0.565. The molecule has 0 heterocycles. The lowest BCUT2D eigenvalue weighted by Crippen LogP contribution is -1.87. The van der Waals surface area contributed by atoms with Crippen molar-refractivity contribution in [3.05, 3.63) is 35.6 Å². The third-order valence-electron chi connectivity index (χ3n) is 5.01. The highest BCUT2D eigenvalue weighted by Gasteiger charge is 2.02. The Kier molecular flexibility index (Phi) is 13.6. The van der Waals surface area contributed by atoms with Gasteiger partial charge in [-0.1, -0.05) is 121 Å². The van der Waals surface area contributed by atoms with Gasteiger partial charge in [-0.05, 0) is 6.42 Å². The van der Waals surface area contributed by atoms with Crippen molar-refractivity contribution in [2.75, 3.05) is 0 Å². The number of allylic oxidation sites excluding steroid dienone is 6. The van der Waals surface area contributed by atoms with Gasteiger partial charge in [0.05, 0.1) is 5.76 Å². The van der Waals surface area contributed by atoms with Crippen LogP contribution in [-0.2, 0) is 0 Å². The van der Waals surface area contributed by atoms with Crippen LogP contribution in [-0.4, -0.2) is 5.11 Å². The van der Waals surface area contributed by atoms with E-state index in [-0.39, 0.29) is 0 Å². The average molecular weight is 333 g/mol. The van der Waals surface area contributed by atoms with Gasteiger partial charge in [0, 0.05) is 12.0 Å². The fourth-order valence-corrected chi connectivity index (χ4v) is 3.37. The molecular formula is C23H40O. The van der Waals surface area contributed by atoms with Crippen LogP contribution in [0.15, 0.2) is 35.6 Å². The number of aliphatic hydroxyl groups is 1. The van der Waals surface area contributed by atoms with Crippen molar-refractivity contribution in [3.63, 3.8) is 0 Å². The van der Waals surface area contributed by atoms with E-state index < -0.39 is 0 Å². The van der Waals surface area contributed by atoms with Crippen LogP contribution in [0.5, 0.6) is 0 Å². The van der Waals surface area contributed by atoms with Gasteiger partial charge in [-0.3, -0.25) is 0 Å². The fourth-order valence-electron chi connectivity index (χ4n) is 3.37. The number of aliphatic hydroxyl groups excluding tert-OH is 1. The molecular weight excluding hydrogens is 292 g/mol. The first-order valence-corrected chi connectivity index (χ1v) is 10.6. The second kappa shape index (κ2) is 15.5. The minimum Gasteiger partial charge on any atom is -0.512 e. The third kappa shape index (κ3) is 11.5. The lowest BCUT2D eigenvalue weighted by Gasteiger charge is -2.04. The Hall–Kier alpha value is -0.980. The van der Waals surface area contributed by atoms with Crippen LogP contribution in [0.4, 0.5) is 0 Å². The zero-order valence-electron chi connectivity index (χ0n) is 16.1. The van der Waals surface area contributed by atoms with Gasteiger partial charge in [0.15, 0.2) is 0 Å². The van der Waals surface area contributed by atoms with Gasteiger partial charge >= 0.3 is 0 Å². The summed E-state index contributed by atoms with van der Waals surface area (Å²) in [4.78, 5) is 0. The predicted octanol–water partition coefficient (Wildman–Crippen LogP) is 8.19. The molecule has 0 bridgehead atoms. The summed E-state index contributed by atoms with van der Waals surface area (Å²) in [7, 11) is 0. The van der Waals surface area contributed by atoms with Crippen molar-refractivity contribution in [2.24, 2.45) is 0 Å². The maximum Gasteiger partial charge on any atom is 0.0994 e. The van der Waals surface area contributed by atoms with Crippen LogP contribution in [0.3, 0.4) is 0 Å². The molecule has 0 fully saturated rings. The van der Waals surface area contributed by atoms with E-state index in [1.165, 1.54) is 89.9 Å². The Labute approximate surface area is 150 Å². The van der Waals surface area contributed by atoms with Crippen LogP contribution >= 0.6 is 0 Å².